The van der Waals surface area contributed by atoms with Gasteiger partial charge in [0.25, 0.3) is 0 Å². The van der Waals surface area contributed by atoms with Crippen LogP contribution in [0.3, 0.4) is 0 Å². The first kappa shape index (κ1) is 12.3. The van der Waals surface area contributed by atoms with Crippen molar-refractivity contribution in [2.45, 2.75) is 13.0 Å². The lowest BCUT2D eigenvalue weighted by Gasteiger charge is -2.08. The van der Waals surface area contributed by atoms with Crippen molar-refractivity contribution in [3.05, 3.63) is 51.9 Å². The van der Waals surface area contributed by atoms with Crippen molar-refractivity contribution >= 4 is 22.6 Å². The lowest BCUT2D eigenvalue weighted by atomic mass is 10.2. The van der Waals surface area contributed by atoms with Crippen LogP contribution < -0.4 is 10.5 Å². The molecule has 2 aromatic rings. The summed E-state index contributed by atoms with van der Waals surface area (Å²) in [5.74, 6) is 1.53. The van der Waals surface area contributed by atoms with E-state index in [9.17, 15) is 0 Å². The van der Waals surface area contributed by atoms with Crippen LogP contribution in [0, 0.1) is 3.57 Å². The Morgan fingerprint density at radius 3 is 2.65 bits per heavy atom. The molecule has 1 aromatic heterocycles. The number of ether oxygens (including phenoxy) is 1. The molecule has 0 radical (unpaired) electrons. The fourth-order valence-electron chi connectivity index (χ4n) is 1.39. The summed E-state index contributed by atoms with van der Waals surface area (Å²) in [6.07, 6.45) is 1.69. The van der Waals surface area contributed by atoms with E-state index in [4.69, 9.17) is 10.5 Å². The van der Waals surface area contributed by atoms with E-state index in [1.807, 2.05) is 43.3 Å². The Balaban J connectivity index is 2.14. The summed E-state index contributed by atoms with van der Waals surface area (Å²) in [6.45, 7) is 1.91. The van der Waals surface area contributed by atoms with Crippen LogP contribution in [0.5, 0.6) is 11.5 Å². The molecule has 0 unspecified atom stereocenters. The van der Waals surface area contributed by atoms with E-state index < -0.39 is 0 Å². The van der Waals surface area contributed by atoms with Crippen LogP contribution in [0.4, 0.5) is 0 Å². The smallest absolute Gasteiger partial charge is 0.145 e. The van der Waals surface area contributed by atoms with E-state index in [2.05, 4.69) is 27.6 Å². The van der Waals surface area contributed by atoms with Crippen molar-refractivity contribution in [3.63, 3.8) is 0 Å². The van der Waals surface area contributed by atoms with Crippen molar-refractivity contribution in [3.8, 4) is 11.5 Å². The van der Waals surface area contributed by atoms with Crippen LogP contribution in [0.1, 0.15) is 18.7 Å². The Kier molecular flexibility index (Phi) is 3.96. The molecular formula is C13H13IN2O. The molecule has 0 aliphatic heterocycles. The summed E-state index contributed by atoms with van der Waals surface area (Å²) < 4.78 is 6.82. The van der Waals surface area contributed by atoms with E-state index in [-0.39, 0.29) is 6.04 Å². The van der Waals surface area contributed by atoms with Gasteiger partial charge in [0.2, 0.25) is 0 Å². The molecule has 4 heteroatoms. The van der Waals surface area contributed by atoms with Crippen LogP contribution in [0.2, 0.25) is 0 Å². The van der Waals surface area contributed by atoms with Crippen molar-refractivity contribution in [1.82, 2.24) is 4.98 Å². The van der Waals surface area contributed by atoms with Gasteiger partial charge >= 0.3 is 0 Å². The van der Waals surface area contributed by atoms with Crippen molar-refractivity contribution in [2.24, 2.45) is 5.73 Å². The van der Waals surface area contributed by atoms with Gasteiger partial charge in [0.1, 0.15) is 11.5 Å². The first-order valence-electron chi connectivity index (χ1n) is 5.30. The molecule has 0 saturated carbocycles. The largest absolute Gasteiger partial charge is 0.456 e. The zero-order chi connectivity index (χ0) is 12.3. The minimum Gasteiger partial charge on any atom is -0.456 e. The van der Waals surface area contributed by atoms with Gasteiger partial charge in [-0.1, -0.05) is 6.07 Å². The Hall–Kier alpha value is -1.14. The van der Waals surface area contributed by atoms with Crippen LogP contribution in [-0.2, 0) is 0 Å². The number of nitrogens with two attached hydrogens (primary N) is 1. The predicted octanol–water partition coefficient (Wildman–Crippen LogP) is 3.50. The number of aromatic nitrogens is 1. The summed E-state index contributed by atoms with van der Waals surface area (Å²) in [4.78, 5) is 4.24. The molecule has 17 heavy (non-hydrogen) atoms. The predicted molar refractivity (Wildman–Crippen MR) is 76.1 cm³/mol. The van der Waals surface area contributed by atoms with Gasteiger partial charge in [-0.25, -0.2) is 0 Å². The van der Waals surface area contributed by atoms with E-state index in [1.54, 1.807) is 6.20 Å². The Morgan fingerprint density at radius 2 is 2.06 bits per heavy atom. The highest BCUT2D eigenvalue weighted by molar-refractivity contribution is 14.1. The van der Waals surface area contributed by atoms with Gasteiger partial charge in [0, 0.05) is 9.61 Å². The zero-order valence-electron chi connectivity index (χ0n) is 9.43. The van der Waals surface area contributed by atoms with Crippen LogP contribution in [0.25, 0.3) is 0 Å². The summed E-state index contributed by atoms with van der Waals surface area (Å²) >= 11 is 2.25. The lowest BCUT2D eigenvalue weighted by molar-refractivity contribution is 0.479. The second kappa shape index (κ2) is 5.46. The Bertz CT molecular complexity index is 497. The maximum absolute atomic E-state index is 5.73. The molecule has 0 bridgehead atoms. The fraction of sp³-hybridized carbons (Fsp3) is 0.154. The van der Waals surface area contributed by atoms with E-state index in [1.165, 1.54) is 0 Å². The van der Waals surface area contributed by atoms with E-state index in [0.717, 1.165) is 20.8 Å². The molecule has 0 amide bonds. The average molecular weight is 340 g/mol. The number of pyridine rings is 1. The van der Waals surface area contributed by atoms with Gasteiger partial charge in [-0.05, 0) is 59.8 Å². The van der Waals surface area contributed by atoms with Crippen LogP contribution in [-0.4, -0.2) is 4.98 Å². The molecule has 0 fully saturated rings. The average Bonchev–Trinajstić information content (AvgIpc) is 2.29. The van der Waals surface area contributed by atoms with Crippen molar-refractivity contribution in [1.29, 1.82) is 0 Å². The van der Waals surface area contributed by atoms with E-state index in [0.29, 0.717) is 0 Å². The summed E-state index contributed by atoms with van der Waals surface area (Å²) in [7, 11) is 0. The molecule has 0 saturated heterocycles. The van der Waals surface area contributed by atoms with Gasteiger partial charge < -0.3 is 10.5 Å². The van der Waals surface area contributed by atoms with Gasteiger partial charge in [-0.3, -0.25) is 4.98 Å². The molecule has 1 aromatic carbocycles. The highest BCUT2D eigenvalue weighted by Crippen LogP contribution is 2.22. The SMILES string of the molecule is C[C@@H](N)c1ccc(Oc2cccc(I)c2)cn1. The molecule has 0 spiro atoms. The first-order valence-corrected chi connectivity index (χ1v) is 6.38. The highest BCUT2D eigenvalue weighted by atomic mass is 127. The summed E-state index contributed by atoms with van der Waals surface area (Å²) in [5, 5.41) is 0. The molecular weight excluding hydrogens is 327 g/mol. The number of hydrogen-bond acceptors (Lipinski definition) is 3. The number of halogens is 1. The van der Waals surface area contributed by atoms with Gasteiger partial charge in [0.15, 0.2) is 0 Å². The van der Waals surface area contributed by atoms with Gasteiger partial charge in [-0.15, -0.1) is 0 Å². The van der Waals surface area contributed by atoms with Crippen LogP contribution >= 0.6 is 22.6 Å². The minimum atomic E-state index is -0.0540. The van der Waals surface area contributed by atoms with Gasteiger partial charge in [-0.2, -0.15) is 0 Å². The Morgan fingerprint density at radius 1 is 1.24 bits per heavy atom. The van der Waals surface area contributed by atoms with Gasteiger partial charge in [0.05, 0.1) is 11.9 Å². The molecule has 0 aliphatic carbocycles. The molecule has 2 rings (SSSR count). The second-order valence-corrected chi connectivity index (χ2v) is 5.01. The number of rotatable bonds is 3. The van der Waals surface area contributed by atoms with Crippen molar-refractivity contribution in [2.75, 3.05) is 0 Å². The summed E-state index contributed by atoms with van der Waals surface area (Å²) in [5.41, 5.74) is 6.59. The molecule has 1 atom stereocenters. The zero-order valence-corrected chi connectivity index (χ0v) is 11.6. The number of benzene rings is 1. The first-order chi connectivity index (χ1) is 8.15. The highest BCUT2D eigenvalue weighted by Gasteiger charge is 2.02. The van der Waals surface area contributed by atoms with E-state index >= 15 is 0 Å². The topological polar surface area (TPSA) is 48.1 Å². The molecule has 1 heterocycles. The maximum Gasteiger partial charge on any atom is 0.145 e. The Labute approximate surface area is 114 Å². The fourth-order valence-corrected chi connectivity index (χ4v) is 1.90. The van der Waals surface area contributed by atoms with Crippen LogP contribution in [0.15, 0.2) is 42.6 Å². The third-order valence-corrected chi connectivity index (χ3v) is 2.93. The molecule has 3 nitrogen and oxygen atoms in total. The molecule has 0 aliphatic rings. The molecule has 88 valence electrons. The van der Waals surface area contributed by atoms with Crippen molar-refractivity contribution < 1.29 is 4.74 Å². The monoisotopic (exact) mass is 340 g/mol. The summed E-state index contributed by atoms with van der Waals surface area (Å²) in [6, 6.07) is 11.6. The lowest BCUT2D eigenvalue weighted by Crippen LogP contribution is -2.06. The third-order valence-electron chi connectivity index (χ3n) is 2.26. The standard InChI is InChI=1S/C13H13IN2O/c1-9(15)13-6-5-12(8-16-13)17-11-4-2-3-10(14)7-11/h2-9H,15H2,1H3/t9-/m1/s1. The minimum absolute atomic E-state index is 0.0540. The molecule has 2 N–H and O–H groups in total. The second-order valence-electron chi connectivity index (χ2n) is 3.77. The maximum atomic E-state index is 5.73. The third kappa shape index (κ3) is 3.41. The number of nitrogens with zero attached hydrogens (tertiary/aromatic N) is 1. The quantitative estimate of drug-likeness (QED) is 0.870. The normalized spacial score (nSPS) is 12.2. The number of hydrogen-bond donors (Lipinski definition) is 1.